The number of carbonyl (C=O) groups excluding carboxylic acids is 1. The molecule has 1 fully saturated rings. The molecular formula is C20H30ClNO3Si. The SMILES string of the molecule is CC1(CCO[Si](C)(C)C(C)(C)C)C(=O)NC2(COC2)c2ccc(Cl)cc21. The van der Waals surface area contributed by atoms with Gasteiger partial charge in [-0.3, -0.25) is 4.79 Å². The predicted octanol–water partition coefficient (Wildman–Crippen LogP) is 4.36. The molecule has 2 aliphatic heterocycles. The van der Waals surface area contributed by atoms with Crippen LogP contribution in [0, 0.1) is 0 Å². The molecule has 2 aliphatic rings. The second-order valence-electron chi connectivity index (χ2n) is 9.41. The first-order valence-corrected chi connectivity index (χ1v) is 12.5. The highest BCUT2D eigenvalue weighted by Gasteiger charge is 2.53. The maximum atomic E-state index is 13.1. The van der Waals surface area contributed by atoms with Crippen LogP contribution in [0.5, 0.6) is 0 Å². The first-order valence-electron chi connectivity index (χ1n) is 9.26. The molecule has 1 aromatic carbocycles. The molecule has 0 aliphatic carbocycles. The van der Waals surface area contributed by atoms with Gasteiger partial charge >= 0.3 is 0 Å². The fourth-order valence-corrected chi connectivity index (χ4v) is 4.66. The van der Waals surface area contributed by atoms with Crippen LogP contribution >= 0.6 is 11.6 Å². The van der Waals surface area contributed by atoms with E-state index < -0.39 is 19.3 Å². The molecular weight excluding hydrogens is 366 g/mol. The molecule has 144 valence electrons. The molecule has 3 rings (SSSR count). The van der Waals surface area contributed by atoms with Crippen molar-refractivity contribution in [1.29, 1.82) is 0 Å². The first kappa shape index (κ1) is 19.9. The van der Waals surface area contributed by atoms with Crippen LogP contribution in [0.25, 0.3) is 0 Å². The summed E-state index contributed by atoms with van der Waals surface area (Å²) in [7, 11) is -1.85. The minimum atomic E-state index is -1.85. The van der Waals surface area contributed by atoms with Gasteiger partial charge in [0, 0.05) is 11.6 Å². The lowest BCUT2D eigenvalue weighted by Crippen LogP contribution is -2.66. The van der Waals surface area contributed by atoms with Crippen LogP contribution < -0.4 is 5.32 Å². The van der Waals surface area contributed by atoms with Crippen molar-refractivity contribution < 1.29 is 14.0 Å². The fourth-order valence-electron chi connectivity index (χ4n) is 3.44. The number of halogens is 1. The van der Waals surface area contributed by atoms with E-state index in [-0.39, 0.29) is 10.9 Å². The molecule has 0 radical (unpaired) electrons. The molecule has 4 nitrogen and oxygen atoms in total. The summed E-state index contributed by atoms with van der Waals surface area (Å²) < 4.78 is 11.8. The average molecular weight is 396 g/mol. The van der Waals surface area contributed by atoms with Crippen LogP contribution in [0.1, 0.15) is 45.2 Å². The van der Waals surface area contributed by atoms with Crippen molar-refractivity contribution in [2.75, 3.05) is 19.8 Å². The van der Waals surface area contributed by atoms with Crippen molar-refractivity contribution in [1.82, 2.24) is 5.32 Å². The van der Waals surface area contributed by atoms with E-state index in [4.69, 9.17) is 20.8 Å². The summed E-state index contributed by atoms with van der Waals surface area (Å²) in [4.78, 5) is 13.1. The number of nitrogens with one attached hydrogen (secondary N) is 1. The molecule has 1 amide bonds. The highest BCUT2D eigenvalue weighted by Crippen LogP contribution is 2.45. The third-order valence-electron chi connectivity index (χ3n) is 6.51. The van der Waals surface area contributed by atoms with Gasteiger partial charge in [-0.25, -0.2) is 0 Å². The maximum Gasteiger partial charge on any atom is 0.231 e. The summed E-state index contributed by atoms with van der Waals surface area (Å²) in [6.45, 7) is 14.8. The molecule has 1 spiro atoms. The smallest absolute Gasteiger partial charge is 0.231 e. The third kappa shape index (κ3) is 3.13. The molecule has 26 heavy (non-hydrogen) atoms. The van der Waals surface area contributed by atoms with E-state index in [1.165, 1.54) is 0 Å². The van der Waals surface area contributed by atoms with E-state index in [0.29, 0.717) is 31.3 Å². The lowest BCUT2D eigenvalue weighted by Gasteiger charge is -2.51. The molecule has 1 atom stereocenters. The molecule has 2 heterocycles. The molecule has 0 bridgehead atoms. The standard InChI is InChI=1S/C20H30ClNO3Si/c1-18(2,3)26(5,6)25-10-9-19(4)16-11-14(21)7-8-15(16)20(12-24-13-20)22-17(19)23/h7-8,11H,9-10,12-13H2,1-6H3,(H,22,23). The summed E-state index contributed by atoms with van der Waals surface area (Å²) in [5.41, 5.74) is 1.10. The molecule has 1 saturated heterocycles. The maximum absolute atomic E-state index is 13.1. The Morgan fingerprint density at radius 1 is 1.27 bits per heavy atom. The minimum Gasteiger partial charge on any atom is -0.417 e. The second kappa shape index (κ2) is 6.33. The Morgan fingerprint density at radius 3 is 2.46 bits per heavy atom. The van der Waals surface area contributed by atoms with Crippen LogP contribution in [0.15, 0.2) is 18.2 Å². The Morgan fingerprint density at radius 2 is 1.92 bits per heavy atom. The van der Waals surface area contributed by atoms with Gasteiger partial charge in [-0.05, 0) is 54.7 Å². The van der Waals surface area contributed by atoms with E-state index in [2.05, 4.69) is 39.2 Å². The quantitative estimate of drug-likeness (QED) is 0.770. The number of rotatable bonds is 4. The van der Waals surface area contributed by atoms with Crippen molar-refractivity contribution in [3.8, 4) is 0 Å². The number of hydrogen-bond acceptors (Lipinski definition) is 3. The van der Waals surface area contributed by atoms with Gasteiger partial charge in [-0.15, -0.1) is 0 Å². The average Bonchev–Trinajstić information content (AvgIpc) is 2.48. The van der Waals surface area contributed by atoms with Crippen molar-refractivity contribution in [2.45, 2.75) is 63.2 Å². The zero-order chi connectivity index (χ0) is 19.4. The molecule has 1 aromatic rings. The van der Waals surface area contributed by atoms with Crippen LogP contribution in [0.2, 0.25) is 23.2 Å². The van der Waals surface area contributed by atoms with Crippen LogP contribution in [0.3, 0.4) is 0 Å². The van der Waals surface area contributed by atoms with Gasteiger partial charge in [0.05, 0.1) is 18.6 Å². The van der Waals surface area contributed by atoms with Gasteiger partial charge in [0.2, 0.25) is 5.91 Å². The van der Waals surface area contributed by atoms with E-state index in [1.807, 2.05) is 25.1 Å². The van der Waals surface area contributed by atoms with Crippen molar-refractivity contribution >= 4 is 25.8 Å². The number of fused-ring (bicyclic) bond motifs is 2. The zero-order valence-corrected chi connectivity index (χ0v) is 18.4. The zero-order valence-electron chi connectivity index (χ0n) is 16.7. The van der Waals surface area contributed by atoms with Crippen LogP contribution in [-0.4, -0.2) is 34.0 Å². The third-order valence-corrected chi connectivity index (χ3v) is 11.3. The first-order chi connectivity index (χ1) is 11.9. The van der Waals surface area contributed by atoms with Gasteiger partial charge < -0.3 is 14.5 Å². The number of benzene rings is 1. The Kier molecular flexibility index (Phi) is 4.84. The van der Waals surface area contributed by atoms with Crippen molar-refractivity contribution in [2.24, 2.45) is 0 Å². The topological polar surface area (TPSA) is 47.6 Å². The Balaban J connectivity index is 1.87. The lowest BCUT2D eigenvalue weighted by molar-refractivity contribution is -0.142. The molecule has 0 saturated carbocycles. The fraction of sp³-hybridized carbons (Fsp3) is 0.650. The Hall–Kier alpha value is -0.883. The minimum absolute atomic E-state index is 0.0365. The monoisotopic (exact) mass is 395 g/mol. The van der Waals surface area contributed by atoms with Gasteiger partial charge in [-0.2, -0.15) is 0 Å². The predicted molar refractivity (Wildman–Crippen MR) is 107 cm³/mol. The van der Waals surface area contributed by atoms with Crippen LogP contribution in [0.4, 0.5) is 0 Å². The summed E-state index contributed by atoms with van der Waals surface area (Å²) in [6.07, 6.45) is 0.635. The summed E-state index contributed by atoms with van der Waals surface area (Å²) in [6, 6.07) is 5.87. The largest absolute Gasteiger partial charge is 0.417 e. The number of hydrogen-bond donors (Lipinski definition) is 1. The molecule has 6 heteroatoms. The van der Waals surface area contributed by atoms with Gasteiger partial charge in [-0.1, -0.05) is 38.4 Å². The van der Waals surface area contributed by atoms with E-state index in [9.17, 15) is 4.79 Å². The lowest BCUT2D eigenvalue weighted by atomic mass is 9.68. The number of ether oxygens (including phenoxy) is 1. The number of carbonyl (C=O) groups is 1. The van der Waals surface area contributed by atoms with Crippen molar-refractivity contribution in [3.63, 3.8) is 0 Å². The van der Waals surface area contributed by atoms with Gasteiger partial charge in [0.1, 0.15) is 5.54 Å². The second-order valence-corrected chi connectivity index (χ2v) is 14.7. The Labute approximate surface area is 162 Å². The van der Waals surface area contributed by atoms with Crippen LogP contribution in [-0.2, 0) is 24.9 Å². The highest BCUT2D eigenvalue weighted by atomic mass is 35.5. The normalized spacial score (nSPS) is 24.8. The van der Waals surface area contributed by atoms with Gasteiger partial charge in [0.25, 0.3) is 0 Å². The Bertz CT molecular complexity index is 724. The summed E-state index contributed by atoms with van der Waals surface area (Å²) >= 11 is 6.29. The summed E-state index contributed by atoms with van der Waals surface area (Å²) in [5, 5.41) is 4.03. The van der Waals surface area contributed by atoms with E-state index in [1.54, 1.807) is 0 Å². The van der Waals surface area contributed by atoms with E-state index >= 15 is 0 Å². The summed E-state index contributed by atoms with van der Waals surface area (Å²) in [5.74, 6) is 0.0365. The van der Waals surface area contributed by atoms with Gasteiger partial charge in [0.15, 0.2) is 8.32 Å². The molecule has 1 N–H and O–H groups in total. The van der Waals surface area contributed by atoms with Crippen molar-refractivity contribution in [3.05, 3.63) is 34.3 Å². The highest BCUT2D eigenvalue weighted by molar-refractivity contribution is 6.74. The van der Waals surface area contributed by atoms with E-state index in [0.717, 1.165) is 11.1 Å². The molecule has 1 unspecified atom stereocenters. The number of amides is 1. The molecule has 0 aromatic heterocycles.